The quantitative estimate of drug-likeness (QED) is 0.442. The van der Waals surface area contributed by atoms with Gasteiger partial charge < -0.3 is 20.4 Å². The smallest absolute Gasteiger partial charge is 0.221 e. The first kappa shape index (κ1) is 20.0. The molecule has 0 atom stereocenters. The van der Waals surface area contributed by atoms with Gasteiger partial charge in [0.1, 0.15) is 12.4 Å². The highest BCUT2D eigenvalue weighted by molar-refractivity contribution is 6.01. The summed E-state index contributed by atoms with van der Waals surface area (Å²) in [6, 6.07) is 13.8. The Bertz CT molecular complexity index is 1240. The van der Waals surface area contributed by atoms with Gasteiger partial charge in [-0.25, -0.2) is 0 Å². The van der Waals surface area contributed by atoms with E-state index in [1.165, 1.54) is 30.9 Å². The van der Waals surface area contributed by atoms with Crippen molar-refractivity contribution in [3.8, 4) is 17.0 Å². The number of hydrogen-bond donors (Lipinski definition) is 2. The predicted octanol–water partition coefficient (Wildman–Crippen LogP) is 3.32. The van der Waals surface area contributed by atoms with Crippen molar-refractivity contribution in [3.05, 3.63) is 48.8 Å². The lowest BCUT2D eigenvalue weighted by Crippen LogP contribution is -2.11. The van der Waals surface area contributed by atoms with Crippen LogP contribution < -0.4 is 15.8 Å². The average molecular weight is 432 g/mol. The molecular weight excluding hydrogens is 406 g/mol. The van der Waals surface area contributed by atoms with Crippen molar-refractivity contribution in [1.82, 2.24) is 24.8 Å². The van der Waals surface area contributed by atoms with Crippen molar-refractivity contribution in [1.29, 1.82) is 0 Å². The number of tetrazole rings is 1. The number of nitrogens with two attached hydrogens (primary N) is 1. The molecule has 9 heteroatoms. The molecular formula is C23H25N7O2. The molecule has 0 saturated heterocycles. The van der Waals surface area contributed by atoms with Crippen LogP contribution in [-0.2, 0) is 17.9 Å². The number of fused-ring (bicyclic) bond motifs is 1. The van der Waals surface area contributed by atoms with Crippen molar-refractivity contribution in [2.75, 3.05) is 17.7 Å². The highest BCUT2D eigenvalue weighted by Crippen LogP contribution is 2.41. The summed E-state index contributed by atoms with van der Waals surface area (Å²) >= 11 is 0. The number of rotatable bonds is 8. The largest absolute Gasteiger partial charge is 0.492 e. The molecule has 2 aromatic carbocycles. The third-order valence-electron chi connectivity index (χ3n) is 5.64. The summed E-state index contributed by atoms with van der Waals surface area (Å²) < 4.78 is 8.25. The molecule has 1 aliphatic rings. The van der Waals surface area contributed by atoms with Gasteiger partial charge in [-0.1, -0.05) is 12.1 Å². The van der Waals surface area contributed by atoms with Crippen LogP contribution in [0.15, 0.2) is 48.8 Å². The second-order valence-electron chi connectivity index (χ2n) is 8.13. The third kappa shape index (κ3) is 4.14. The summed E-state index contributed by atoms with van der Waals surface area (Å²) in [7, 11) is 0. The number of ether oxygens (including phenoxy) is 1. The van der Waals surface area contributed by atoms with Crippen molar-refractivity contribution < 1.29 is 9.53 Å². The van der Waals surface area contributed by atoms with E-state index in [4.69, 9.17) is 10.5 Å². The van der Waals surface area contributed by atoms with Crippen LogP contribution in [-0.4, -0.2) is 37.3 Å². The SMILES string of the molecule is CC(=O)Nc1ccc(-c2c(N)c3ccc(OCCn4ncnn4)cc3n2CC2CC2)cc1. The van der Waals surface area contributed by atoms with E-state index in [1.807, 2.05) is 36.4 Å². The van der Waals surface area contributed by atoms with Gasteiger partial charge in [-0.05, 0) is 48.2 Å². The predicted molar refractivity (Wildman–Crippen MR) is 122 cm³/mol. The lowest BCUT2D eigenvalue weighted by molar-refractivity contribution is -0.114. The zero-order valence-electron chi connectivity index (χ0n) is 17.9. The molecule has 0 aliphatic heterocycles. The van der Waals surface area contributed by atoms with E-state index < -0.39 is 0 Å². The first-order valence-electron chi connectivity index (χ1n) is 10.7. The molecule has 1 amide bonds. The van der Waals surface area contributed by atoms with Gasteiger partial charge in [-0.15, -0.1) is 10.2 Å². The molecule has 0 radical (unpaired) electrons. The van der Waals surface area contributed by atoms with Gasteiger partial charge in [0.25, 0.3) is 0 Å². The third-order valence-corrected chi connectivity index (χ3v) is 5.64. The first-order chi connectivity index (χ1) is 15.6. The van der Waals surface area contributed by atoms with Crippen molar-refractivity contribution in [3.63, 3.8) is 0 Å². The molecule has 1 aliphatic carbocycles. The van der Waals surface area contributed by atoms with E-state index in [0.29, 0.717) is 19.1 Å². The number of nitrogen functional groups attached to an aromatic ring is 1. The number of anilines is 2. The van der Waals surface area contributed by atoms with Crippen LogP contribution in [0.5, 0.6) is 5.75 Å². The maximum atomic E-state index is 11.3. The van der Waals surface area contributed by atoms with Gasteiger partial charge >= 0.3 is 0 Å². The Kier molecular flexibility index (Phi) is 5.22. The number of benzene rings is 2. The molecule has 0 bridgehead atoms. The summed E-state index contributed by atoms with van der Waals surface area (Å²) in [6.07, 6.45) is 3.88. The maximum Gasteiger partial charge on any atom is 0.221 e. The first-order valence-corrected chi connectivity index (χ1v) is 10.7. The zero-order chi connectivity index (χ0) is 22.1. The Labute approximate surface area is 185 Å². The lowest BCUT2D eigenvalue weighted by atomic mass is 10.1. The van der Waals surface area contributed by atoms with E-state index in [2.05, 4.69) is 31.4 Å². The van der Waals surface area contributed by atoms with E-state index in [1.54, 1.807) is 0 Å². The van der Waals surface area contributed by atoms with Crippen LogP contribution in [0, 0.1) is 5.92 Å². The highest BCUT2D eigenvalue weighted by Gasteiger charge is 2.26. The van der Waals surface area contributed by atoms with Crippen LogP contribution in [0.4, 0.5) is 11.4 Å². The number of carbonyl (C=O) groups is 1. The summed E-state index contributed by atoms with van der Waals surface area (Å²) in [6.45, 7) is 3.39. The van der Waals surface area contributed by atoms with Crippen LogP contribution in [0.25, 0.3) is 22.2 Å². The van der Waals surface area contributed by atoms with Gasteiger partial charge in [0.05, 0.1) is 23.4 Å². The lowest BCUT2D eigenvalue weighted by Gasteiger charge is -2.12. The average Bonchev–Trinajstić information content (AvgIpc) is 3.37. The Hall–Kier alpha value is -3.88. The molecule has 0 spiro atoms. The van der Waals surface area contributed by atoms with Gasteiger partial charge in [-0.2, -0.15) is 4.80 Å². The molecule has 2 heterocycles. The summed E-state index contributed by atoms with van der Waals surface area (Å²) in [5.74, 6) is 1.36. The van der Waals surface area contributed by atoms with Gasteiger partial charge in [0.15, 0.2) is 6.33 Å². The summed E-state index contributed by atoms with van der Waals surface area (Å²) in [4.78, 5) is 12.8. The number of nitrogens with zero attached hydrogens (tertiary/aromatic N) is 5. The number of carbonyl (C=O) groups excluding carboxylic acids is 1. The monoisotopic (exact) mass is 431 g/mol. The van der Waals surface area contributed by atoms with Gasteiger partial charge in [0, 0.05) is 36.2 Å². The molecule has 5 rings (SSSR count). The molecule has 3 N–H and O–H groups in total. The van der Waals surface area contributed by atoms with Crippen LogP contribution in [0.1, 0.15) is 19.8 Å². The normalized spacial score (nSPS) is 13.4. The minimum atomic E-state index is -0.0905. The summed E-state index contributed by atoms with van der Waals surface area (Å²) in [5.41, 5.74) is 11.3. The standard InChI is InChI=1S/C23H25N7O2/c1-15(31)27-18-6-4-17(5-7-18)23-22(24)20-9-8-19(32-11-10-30-26-14-25-28-30)12-21(20)29(23)13-16-2-3-16/h4-9,12,14,16H,2-3,10-11,13,24H2,1H3,(H,27,31). The molecule has 1 fully saturated rings. The number of hydrogen-bond acceptors (Lipinski definition) is 6. The Balaban J connectivity index is 1.47. The second kappa shape index (κ2) is 8.33. The molecule has 1 saturated carbocycles. The second-order valence-corrected chi connectivity index (χ2v) is 8.13. The van der Waals surface area contributed by atoms with Crippen molar-refractivity contribution in [2.24, 2.45) is 5.92 Å². The van der Waals surface area contributed by atoms with Crippen LogP contribution in [0.3, 0.4) is 0 Å². The van der Waals surface area contributed by atoms with Crippen molar-refractivity contribution in [2.45, 2.75) is 32.9 Å². The van der Waals surface area contributed by atoms with Gasteiger partial charge in [-0.3, -0.25) is 4.79 Å². The number of nitrogens with one attached hydrogen (secondary N) is 1. The minimum Gasteiger partial charge on any atom is -0.492 e. The summed E-state index contributed by atoms with van der Waals surface area (Å²) in [5, 5.41) is 15.4. The van der Waals surface area contributed by atoms with Crippen LogP contribution >= 0.6 is 0 Å². The fourth-order valence-corrected chi connectivity index (χ4v) is 3.96. The molecule has 0 unspecified atom stereocenters. The molecule has 2 aromatic heterocycles. The minimum absolute atomic E-state index is 0.0905. The van der Waals surface area contributed by atoms with E-state index >= 15 is 0 Å². The number of amides is 1. The number of aromatic nitrogens is 5. The van der Waals surface area contributed by atoms with E-state index in [0.717, 1.165) is 45.8 Å². The topological polar surface area (TPSA) is 113 Å². The maximum absolute atomic E-state index is 11.3. The Morgan fingerprint density at radius 1 is 1.22 bits per heavy atom. The highest BCUT2D eigenvalue weighted by atomic mass is 16.5. The zero-order valence-corrected chi connectivity index (χ0v) is 17.9. The van der Waals surface area contributed by atoms with E-state index in [9.17, 15) is 4.79 Å². The van der Waals surface area contributed by atoms with Crippen molar-refractivity contribution >= 4 is 28.2 Å². The van der Waals surface area contributed by atoms with Gasteiger partial charge in [0.2, 0.25) is 5.91 Å². The molecule has 9 nitrogen and oxygen atoms in total. The molecule has 32 heavy (non-hydrogen) atoms. The van der Waals surface area contributed by atoms with Crippen LogP contribution in [0.2, 0.25) is 0 Å². The Morgan fingerprint density at radius 2 is 2.03 bits per heavy atom. The molecule has 4 aromatic rings. The molecule has 164 valence electrons. The fraction of sp³-hybridized carbons (Fsp3) is 0.304. The Morgan fingerprint density at radius 3 is 2.72 bits per heavy atom. The fourth-order valence-electron chi connectivity index (χ4n) is 3.96. The van der Waals surface area contributed by atoms with E-state index in [-0.39, 0.29) is 5.91 Å².